The summed E-state index contributed by atoms with van der Waals surface area (Å²) >= 11 is 0. The van der Waals surface area contributed by atoms with E-state index in [2.05, 4.69) is 10.6 Å². The minimum absolute atomic E-state index is 0.000460. The van der Waals surface area contributed by atoms with Crippen LogP contribution in [0.25, 0.3) is 0 Å². The molecule has 1 heterocycles. The van der Waals surface area contributed by atoms with E-state index in [-0.39, 0.29) is 23.6 Å². The van der Waals surface area contributed by atoms with Gasteiger partial charge in [0.2, 0.25) is 12.3 Å². The molecule has 0 aromatic heterocycles. The summed E-state index contributed by atoms with van der Waals surface area (Å²) in [6.45, 7) is 0. The monoisotopic (exact) mass is 208 g/mol. The van der Waals surface area contributed by atoms with E-state index in [0.717, 1.165) is 0 Å². The first kappa shape index (κ1) is 9.76. The molecule has 1 aliphatic carbocycles. The maximum absolute atomic E-state index is 11.1. The molecule has 0 bridgehead atoms. The van der Waals surface area contributed by atoms with Gasteiger partial charge < -0.3 is 15.7 Å². The Hall–Kier alpha value is -1.78. The van der Waals surface area contributed by atoms with Crippen molar-refractivity contribution in [2.75, 3.05) is 0 Å². The van der Waals surface area contributed by atoms with Crippen LogP contribution in [0.3, 0.4) is 0 Å². The summed E-state index contributed by atoms with van der Waals surface area (Å²) in [5.41, 5.74) is 0.419. The molecule has 1 aliphatic heterocycles. The largest absolute Gasteiger partial charge is 0.510 e. The highest BCUT2D eigenvalue weighted by Crippen LogP contribution is 2.29. The molecular formula is C10H12N2O3. The minimum atomic E-state index is -0.150. The topological polar surface area (TPSA) is 78.4 Å². The summed E-state index contributed by atoms with van der Waals surface area (Å²) in [6.07, 6.45) is 4.94. The van der Waals surface area contributed by atoms with Gasteiger partial charge in [-0.1, -0.05) is 6.08 Å². The molecule has 5 nitrogen and oxygen atoms in total. The van der Waals surface area contributed by atoms with Crippen LogP contribution < -0.4 is 10.6 Å². The van der Waals surface area contributed by atoms with E-state index >= 15 is 0 Å². The first-order chi connectivity index (χ1) is 7.22. The molecular weight excluding hydrogens is 196 g/mol. The molecule has 2 unspecified atom stereocenters. The molecule has 0 spiro atoms. The van der Waals surface area contributed by atoms with Crippen molar-refractivity contribution in [3.05, 3.63) is 23.6 Å². The number of amides is 2. The van der Waals surface area contributed by atoms with Crippen molar-refractivity contribution < 1.29 is 14.7 Å². The zero-order chi connectivity index (χ0) is 10.8. The first-order valence-corrected chi connectivity index (χ1v) is 4.83. The van der Waals surface area contributed by atoms with Crippen LogP contribution in [0.2, 0.25) is 0 Å². The lowest BCUT2D eigenvalue weighted by Gasteiger charge is -2.32. The third-order valence-corrected chi connectivity index (χ3v) is 2.76. The Balaban J connectivity index is 2.20. The van der Waals surface area contributed by atoms with Gasteiger partial charge in [-0.25, -0.2) is 0 Å². The van der Waals surface area contributed by atoms with Crippen LogP contribution in [-0.4, -0.2) is 23.5 Å². The summed E-state index contributed by atoms with van der Waals surface area (Å²) < 4.78 is 0. The van der Waals surface area contributed by atoms with Crippen LogP contribution in [0, 0.1) is 5.92 Å². The molecule has 1 saturated heterocycles. The lowest BCUT2D eigenvalue weighted by Crippen LogP contribution is -2.46. The molecule has 0 saturated carbocycles. The Kier molecular flexibility index (Phi) is 2.45. The second-order valence-electron chi connectivity index (χ2n) is 3.66. The van der Waals surface area contributed by atoms with E-state index < -0.39 is 0 Å². The van der Waals surface area contributed by atoms with Crippen molar-refractivity contribution in [3.8, 4) is 0 Å². The Bertz CT molecular complexity index is 360. The van der Waals surface area contributed by atoms with Gasteiger partial charge in [0, 0.05) is 12.3 Å². The molecule has 0 aromatic rings. The van der Waals surface area contributed by atoms with Crippen LogP contribution in [0.5, 0.6) is 0 Å². The number of carbonyl (C=O) groups excluding carboxylic acids is 2. The summed E-state index contributed by atoms with van der Waals surface area (Å²) in [5, 5.41) is 15.0. The molecule has 2 rings (SSSR count). The number of aliphatic hydroxyl groups excluding tert-OH is 1. The maximum atomic E-state index is 11.1. The zero-order valence-corrected chi connectivity index (χ0v) is 8.06. The summed E-state index contributed by atoms with van der Waals surface area (Å²) in [7, 11) is 0. The smallest absolute Gasteiger partial charge is 0.220 e. The van der Waals surface area contributed by atoms with Gasteiger partial charge in [0.25, 0.3) is 0 Å². The zero-order valence-electron chi connectivity index (χ0n) is 8.06. The van der Waals surface area contributed by atoms with Crippen molar-refractivity contribution in [2.24, 2.45) is 5.92 Å². The SMILES string of the molecule is O=CNC1=C(O)C2CCC(=O)NC2C=C1. The Labute approximate surface area is 86.8 Å². The molecule has 1 fully saturated rings. The highest BCUT2D eigenvalue weighted by atomic mass is 16.3. The van der Waals surface area contributed by atoms with E-state index in [0.29, 0.717) is 24.9 Å². The van der Waals surface area contributed by atoms with Crippen molar-refractivity contribution in [2.45, 2.75) is 18.9 Å². The molecule has 2 aliphatic rings. The van der Waals surface area contributed by atoms with Gasteiger partial charge in [-0.2, -0.15) is 0 Å². The average Bonchev–Trinajstić information content (AvgIpc) is 2.22. The van der Waals surface area contributed by atoms with E-state index in [1.165, 1.54) is 0 Å². The summed E-state index contributed by atoms with van der Waals surface area (Å²) in [4.78, 5) is 21.4. The number of piperidine rings is 1. The van der Waals surface area contributed by atoms with Crippen molar-refractivity contribution in [3.63, 3.8) is 0 Å². The van der Waals surface area contributed by atoms with Gasteiger partial charge in [-0.15, -0.1) is 0 Å². The van der Waals surface area contributed by atoms with Crippen LogP contribution in [0.15, 0.2) is 23.6 Å². The third kappa shape index (κ3) is 1.72. The molecule has 2 atom stereocenters. The summed E-state index contributed by atoms with van der Waals surface area (Å²) in [5.74, 6) is 0.0326. The fraction of sp³-hybridized carbons (Fsp3) is 0.400. The van der Waals surface area contributed by atoms with Gasteiger partial charge in [0.1, 0.15) is 5.76 Å². The van der Waals surface area contributed by atoms with Crippen molar-refractivity contribution >= 4 is 12.3 Å². The Morgan fingerprint density at radius 1 is 1.60 bits per heavy atom. The van der Waals surface area contributed by atoms with E-state index in [4.69, 9.17) is 0 Å². The average molecular weight is 208 g/mol. The number of allylic oxidation sites excluding steroid dienone is 1. The number of hydrogen-bond donors (Lipinski definition) is 3. The van der Waals surface area contributed by atoms with Crippen LogP contribution >= 0.6 is 0 Å². The van der Waals surface area contributed by atoms with E-state index in [1.807, 2.05) is 0 Å². The fourth-order valence-corrected chi connectivity index (χ4v) is 1.98. The second kappa shape index (κ2) is 3.76. The van der Waals surface area contributed by atoms with Gasteiger partial charge in [0.05, 0.1) is 11.7 Å². The Morgan fingerprint density at radius 2 is 2.40 bits per heavy atom. The van der Waals surface area contributed by atoms with Gasteiger partial charge in [0.15, 0.2) is 0 Å². The number of carbonyl (C=O) groups is 2. The van der Waals surface area contributed by atoms with E-state index in [9.17, 15) is 14.7 Å². The quantitative estimate of drug-likeness (QED) is 0.557. The predicted octanol–water partition coefficient (Wildman–Crippen LogP) is -0.0334. The van der Waals surface area contributed by atoms with E-state index in [1.54, 1.807) is 12.2 Å². The van der Waals surface area contributed by atoms with Crippen molar-refractivity contribution in [1.82, 2.24) is 10.6 Å². The third-order valence-electron chi connectivity index (χ3n) is 2.76. The van der Waals surface area contributed by atoms with Crippen molar-refractivity contribution in [1.29, 1.82) is 0 Å². The number of rotatable bonds is 2. The normalized spacial score (nSPS) is 29.5. The number of nitrogens with one attached hydrogen (secondary N) is 2. The standard InChI is InChI=1S/C10H12N2O3/c13-5-11-8-3-2-7-6(10(8)15)1-4-9(14)12-7/h2-3,5-7,15H,1,4H2,(H,11,13)(H,12,14). The van der Waals surface area contributed by atoms with Crippen LogP contribution in [0.4, 0.5) is 0 Å². The summed E-state index contributed by atoms with van der Waals surface area (Å²) in [6, 6.07) is -0.150. The van der Waals surface area contributed by atoms with Gasteiger partial charge >= 0.3 is 0 Å². The molecule has 5 heteroatoms. The molecule has 80 valence electrons. The fourth-order valence-electron chi connectivity index (χ4n) is 1.98. The lowest BCUT2D eigenvalue weighted by atomic mass is 9.85. The minimum Gasteiger partial charge on any atom is -0.510 e. The Morgan fingerprint density at radius 3 is 3.13 bits per heavy atom. The molecule has 0 aromatic carbocycles. The highest BCUT2D eigenvalue weighted by molar-refractivity contribution is 5.77. The number of fused-ring (bicyclic) bond motifs is 1. The van der Waals surface area contributed by atoms with Crippen LogP contribution in [-0.2, 0) is 9.59 Å². The van der Waals surface area contributed by atoms with Crippen LogP contribution in [0.1, 0.15) is 12.8 Å². The molecule has 2 amide bonds. The molecule has 0 radical (unpaired) electrons. The molecule has 3 N–H and O–H groups in total. The highest BCUT2D eigenvalue weighted by Gasteiger charge is 2.33. The first-order valence-electron chi connectivity index (χ1n) is 4.83. The molecule has 15 heavy (non-hydrogen) atoms. The number of aliphatic hydroxyl groups is 1. The predicted molar refractivity (Wildman–Crippen MR) is 52.6 cm³/mol. The van der Waals surface area contributed by atoms with Gasteiger partial charge in [-0.05, 0) is 12.5 Å². The maximum Gasteiger partial charge on any atom is 0.220 e. The lowest BCUT2D eigenvalue weighted by molar-refractivity contribution is -0.123. The second-order valence-corrected chi connectivity index (χ2v) is 3.66. The van der Waals surface area contributed by atoms with Gasteiger partial charge in [-0.3, -0.25) is 9.59 Å². The number of hydrogen-bond acceptors (Lipinski definition) is 3.